The van der Waals surface area contributed by atoms with Gasteiger partial charge in [0.25, 0.3) is 0 Å². The smallest absolute Gasteiger partial charge is 0.233 e. The zero-order chi connectivity index (χ0) is 16.1. The summed E-state index contributed by atoms with van der Waals surface area (Å²) in [6.45, 7) is 2.47. The van der Waals surface area contributed by atoms with Gasteiger partial charge in [-0.05, 0) is 18.2 Å². The predicted molar refractivity (Wildman–Crippen MR) is 87.7 cm³/mol. The quantitative estimate of drug-likeness (QED) is 0.832. The van der Waals surface area contributed by atoms with Crippen molar-refractivity contribution in [3.8, 4) is 0 Å². The molecule has 0 saturated carbocycles. The second kappa shape index (κ2) is 7.71. The summed E-state index contributed by atoms with van der Waals surface area (Å²) < 4.78 is 19.1. The van der Waals surface area contributed by atoms with Crippen LogP contribution in [0.5, 0.6) is 0 Å². The molecule has 1 aliphatic heterocycles. The molecular formula is C14H15FN4O2S2. The first-order chi connectivity index (χ1) is 11.2. The fraction of sp³-hybridized carbons (Fsp3) is 0.357. The zero-order valence-electron chi connectivity index (χ0n) is 12.2. The number of hydrogen-bond acceptors (Lipinski definition) is 7. The minimum atomic E-state index is -0.315. The Morgan fingerprint density at radius 2 is 2.22 bits per heavy atom. The first-order valence-electron chi connectivity index (χ1n) is 7.05. The Morgan fingerprint density at radius 1 is 1.39 bits per heavy atom. The maximum absolute atomic E-state index is 13.1. The Kier molecular flexibility index (Phi) is 5.42. The fourth-order valence-corrected chi connectivity index (χ4v) is 3.71. The van der Waals surface area contributed by atoms with E-state index in [0.29, 0.717) is 47.2 Å². The highest BCUT2D eigenvalue weighted by Crippen LogP contribution is 2.28. The number of benzene rings is 1. The second-order valence-electron chi connectivity index (χ2n) is 4.79. The topological polar surface area (TPSA) is 67.4 Å². The number of ether oxygens (including phenoxy) is 1. The van der Waals surface area contributed by atoms with E-state index in [2.05, 4.69) is 15.5 Å². The number of anilines is 2. The lowest BCUT2D eigenvalue weighted by Crippen LogP contribution is -2.41. The molecule has 1 saturated heterocycles. The zero-order valence-corrected chi connectivity index (χ0v) is 13.8. The fourth-order valence-electron chi connectivity index (χ4n) is 2.04. The van der Waals surface area contributed by atoms with Crippen molar-refractivity contribution >= 4 is 39.8 Å². The number of nitrogens with zero attached hydrogens (tertiary/aromatic N) is 3. The van der Waals surface area contributed by atoms with Crippen molar-refractivity contribution in [3.05, 3.63) is 30.1 Å². The Morgan fingerprint density at radius 3 is 3.00 bits per heavy atom. The molecule has 1 aliphatic rings. The highest BCUT2D eigenvalue weighted by molar-refractivity contribution is 8.01. The number of rotatable bonds is 5. The van der Waals surface area contributed by atoms with Gasteiger partial charge in [-0.25, -0.2) is 4.39 Å². The minimum Gasteiger partial charge on any atom is -0.378 e. The van der Waals surface area contributed by atoms with Crippen molar-refractivity contribution in [1.29, 1.82) is 0 Å². The highest BCUT2D eigenvalue weighted by atomic mass is 32.2. The molecule has 2 aromatic rings. The number of morpholine rings is 1. The Bertz CT molecular complexity index is 676. The van der Waals surface area contributed by atoms with E-state index in [1.54, 1.807) is 17.0 Å². The summed E-state index contributed by atoms with van der Waals surface area (Å²) in [5.41, 5.74) is 0.613. The molecule has 0 radical (unpaired) electrons. The molecule has 23 heavy (non-hydrogen) atoms. The van der Waals surface area contributed by atoms with Gasteiger partial charge in [0, 0.05) is 18.8 Å². The number of amides is 1. The van der Waals surface area contributed by atoms with Crippen LogP contribution in [0.2, 0.25) is 0 Å². The molecule has 9 heteroatoms. The van der Waals surface area contributed by atoms with E-state index in [9.17, 15) is 9.18 Å². The Labute approximate surface area is 141 Å². The summed E-state index contributed by atoms with van der Waals surface area (Å²) in [5.74, 6) is 0.0903. The van der Waals surface area contributed by atoms with Crippen LogP contribution in [0.15, 0.2) is 28.6 Å². The lowest BCUT2D eigenvalue weighted by molar-refractivity contribution is -0.132. The molecule has 1 N–H and O–H groups in total. The lowest BCUT2D eigenvalue weighted by Gasteiger charge is -2.26. The van der Waals surface area contributed by atoms with Crippen molar-refractivity contribution in [2.75, 3.05) is 37.4 Å². The van der Waals surface area contributed by atoms with Gasteiger partial charge in [-0.15, -0.1) is 10.2 Å². The molecule has 0 spiro atoms. The molecule has 1 amide bonds. The second-order valence-corrected chi connectivity index (χ2v) is 6.99. The molecule has 1 aromatic heterocycles. The van der Waals surface area contributed by atoms with Crippen LogP contribution in [0, 0.1) is 5.82 Å². The number of halogens is 1. The van der Waals surface area contributed by atoms with E-state index in [1.807, 2.05) is 0 Å². The van der Waals surface area contributed by atoms with Gasteiger partial charge < -0.3 is 15.0 Å². The van der Waals surface area contributed by atoms with Crippen LogP contribution >= 0.6 is 23.1 Å². The predicted octanol–water partition coefficient (Wildman–Crippen LogP) is 2.37. The van der Waals surface area contributed by atoms with Gasteiger partial charge in [-0.1, -0.05) is 29.2 Å². The molecule has 0 atom stereocenters. The maximum Gasteiger partial charge on any atom is 0.233 e. The monoisotopic (exact) mass is 354 g/mol. The number of carbonyl (C=O) groups excluding carboxylic acids is 1. The van der Waals surface area contributed by atoms with Crippen molar-refractivity contribution < 1.29 is 13.9 Å². The van der Waals surface area contributed by atoms with E-state index in [0.717, 1.165) is 0 Å². The van der Waals surface area contributed by atoms with Crippen LogP contribution in [-0.4, -0.2) is 53.1 Å². The summed E-state index contributed by atoms with van der Waals surface area (Å²) in [5, 5.41) is 11.6. The summed E-state index contributed by atoms with van der Waals surface area (Å²) in [6, 6.07) is 6.13. The van der Waals surface area contributed by atoms with Crippen molar-refractivity contribution in [1.82, 2.24) is 15.1 Å². The average Bonchev–Trinajstić information content (AvgIpc) is 3.01. The summed E-state index contributed by atoms with van der Waals surface area (Å²) in [7, 11) is 0. The number of hydrogen-bond donors (Lipinski definition) is 1. The molecule has 122 valence electrons. The molecule has 0 bridgehead atoms. The van der Waals surface area contributed by atoms with E-state index >= 15 is 0 Å². The normalized spacial score (nSPS) is 14.7. The van der Waals surface area contributed by atoms with Crippen LogP contribution < -0.4 is 5.32 Å². The lowest BCUT2D eigenvalue weighted by atomic mass is 10.3. The van der Waals surface area contributed by atoms with Gasteiger partial charge in [0.1, 0.15) is 5.82 Å². The Balaban J connectivity index is 1.52. The van der Waals surface area contributed by atoms with Crippen LogP contribution in [0.1, 0.15) is 0 Å². The third kappa shape index (κ3) is 4.63. The van der Waals surface area contributed by atoms with Gasteiger partial charge >= 0.3 is 0 Å². The van der Waals surface area contributed by atoms with Crippen LogP contribution in [0.3, 0.4) is 0 Å². The Hall–Kier alpha value is -1.71. The van der Waals surface area contributed by atoms with Gasteiger partial charge in [-0.2, -0.15) is 0 Å². The molecule has 0 aliphatic carbocycles. The van der Waals surface area contributed by atoms with Crippen molar-refractivity contribution in [2.45, 2.75) is 4.34 Å². The van der Waals surface area contributed by atoms with E-state index in [1.165, 1.54) is 35.2 Å². The molecule has 3 rings (SSSR count). The van der Waals surface area contributed by atoms with Crippen LogP contribution in [0.25, 0.3) is 0 Å². The highest BCUT2D eigenvalue weighted by Gasteiger charge is 2.17. The van der Waals surface area contributed by atoms with E-state index in [-0.39, 0.29) is 11.7 Å². The van der Waals surface area contributed by atoms with E-state index in [4.69, 9.17) is 4.74 Å². The van der Waals surface area contributed by atoms with Gasteiger partial charge in [0.15, 0.2) is 4.34 Å². The first kappa shape index (κ1) is 16.2. The van der Waals surface area contributed by atoms with Gasteiger partial charge in [-0.3, -0.25) is 4.79 Å². The summed E-state index contributed by atoms with van der Waals surface area (Å²) >= 11 is 2.69. The number of nitrogens with one attached hydrogen (secondary N) is 1. The summed E-state index contributed by atoms with van der Waals surface area (Å²) in [6.07, 6.45) is 0. The van der Waals surface area contributed by atoms with Crippen LogP contribution in [-0.2, 0) is 9.53 Å². The molecule has 1 fully saturated rings. The maximum atomic E-state index is 13.1. The SMILES string of the molecule is O=C(CSc1nnc(Nc2cccc(F)c2)s1)N1CCOCC1. The number of carbonyl (C=O) groups is 1. The standard InChI is InChI=1S/C14H15FN4O2S2/c15-10-2-1-3-11(8-10)16-13-17-18-14(23-13)22-9-12(20)19-4-6-21-7-5-19/h1-3,8H,4-7,9H2,(H,16,17). The molecule has 6 nitrogen and oxygen atoms in total. The van der Waals surface area contributed by atoms with Crippen molar-refractivity contribution in [3.63, 3.8) is 0 Å². The minimum absolute atomic E-state index is 0.0770. The number of aromatic nitrogens is 2. The average molecular weight is 354 g/mol. The number of thioether (sulfide) groups is 1. The van der Waals surface area contributed by atoms with E-state index < -0.39 is 0 Å². The third-order valence-electron chi connectivity index (χ3n) is 3.17. The molecule has 1 aromatic carbocycles. The van der Waals surface area contributed by atoms with Crippen LogP contribution in [0.4, 0.5) is 15.2 Å². The van der Waals surface area contributed by atoms with Gasteiger partial charge in [0.2, 0.25) is 11.0 Å². The van der Waals surface area contributed by atoms with Gasteiger partial charge in [0.05, 0.1) is 19.0 Å². The largest absolute Gasteiger partial charge is 0.378 e. The van der Waals surface area contributed by atoms with Crippen molar-refractivity contribution in [2.24, 2.45) is 0 Å². The molecular weight excluding hydrogens is 339 g/mol. The first-order valence-corrected chi connectivity index (χ1v) is 8.85. The molecule has 0 unspecified atom stereocenters. The summed E-state index contributed by atoms with van der Waals surface area (Å²) in [4.78, 5) is 13.9. The third-order valence-corrected chi connectivity index (χ3v) is 5.12. The molecule has 2 heterocycles.